The first-order chi connectivity index (χ1) is 14.4. The number of hydrogen-bond acceptors (Lipinski definition) is 6. The first-order valence-electron chi connectivity index (χ1n) is 9.95. The van der Waals surface area contributed by atoms with Gasteiger partial charge in [0.05, 0.1) is 10.5 Å². The number of para-hydroxylation sites is 1. The van der Waals surface area contributed by atoms with Gasteiger partial charge in [-0.3, -0.25) is 14.9 Å². The van der Waals surface area contributed by atoms with Gasteiger partial charge in [0, 0.05) is 31.9 Å². The van der Waals surface area contributed by atoms with Crippen molar-refractivity contribution in [1.29, 1.82) is 0 Å². The number of nitro benzene ring substituents is 1. The van der Waals surface area contributed by atoms with Crippen LogP contribution in [-0.4, -0.2) is 43.0 Å². The molecule has 0 radical (unpaired) electrons. The average molecular weight is 411 g/mol. The molecule has 2 aromatic rings. The van der Waals surface area contributed by atoms with Gasteiger partial charge in [-0.2, -0.15) is 0 Å². The number of carbonyl (C=O) groups excluding carboxylic acids is 2. The van der Waals surface area contributed by atoms with Crippen LogP contribution in [0.2, 0.25) is 0 Å². The van der Waals surface area contributed by atoms with Gasteiger partial charge < -0.3 is 14.5 Å². The van der Waals surface area contributed by atoms with E-state index in [9.17, 15) is 19.7 Å². The maximum Gasteiger partial charge on any atom is 0.339 e. The summed E-state index contributed by atoms with van der Waals surface area (Å²) in [6.07, 6.45) is 2.03. The summed E-state index contributed by atoms with van der Waals surface area (Å²) in [7, 11) is 1.60. The minimum Gasteiger partial charge on any atom is -0.449 e. The summed E-state index contributed by atoms with van der Waals surface area (Å²) in [4.78, 5) is 39.6. The molecule has 158 valence electrons. The molecule has 30 heavy (non-hydrogen) atoms. The summed E-state index contributed by atoms with van der Waals surface area (Å²) in [5.74, 6) is -1.17. The highest BCUT2D eigenvalue weighted by Crippen LogP contribution is 2.31. The van der Waals surface area contributed by atoms with Crippen LogP contribution >= 0.6 is 0 Å². The van der Waals surface area contributed by atoms with Crippen molar-refractivity contribution in [3.63, 3.8) is 0 Å². The molecule has 1 saturated heterocycles. The third kappa shape index (κ3) is 4.76. The lowest BCUT2D eigenvalue weighted by Gasteiger charge is -2.28. The van der Waals surface area contributed by atoms with Crippen LogP contribution in [0, 0.1) is 10.1 Å². The number of rotatable bonds is 6. The zero-order valence-corrected chi connectivity index (χ0v) is 17.1. The van der Waals surface area contributed by atoms with Crippen molar-refractivity contribution < 1.29 is 19.2 Å². The van der Waals surface area contributed by atoms with E-state index < -0.39 is 22.9 Å². The van der Waals surface area contributed by atoms with E-state index in [0.29, 0.717) is 11.4 Å². The first kappa shape index (κ1) is 21.3. The fraction of sp³-hybridized carbons (Fsp3) is 0.364. The van der Waals surface area contributed by atoms with Crippen LogP contribution < -0.4 is 9.80 Å². The van der Waals surface area contributed by atoms with Crippen LogP contribution in [0.3, 0.4) is 0 Å². The van der Waals surface area contributed by atoms with Crippen molar-refractivity contribution in [1.82, 2.24) is 0 Å². The molecule has 3 rings (SSSR count). The monoisotopic (exact) mass is 411 g/mol. The number of amides is 1. The number of piperidine rings is 1. The number of anilines is 2. The van der Waals surface area contributed by atoms with Gasteiger partial charge in [-0.15, -0.1) is 0 Å². The van der Waals surface area contributed by atoms with E-state index in [2.05, 4.69) is 0 Å². The van der Waals surface area contributed by atoms with Gasteiger partial charge in [-0.25, -0.2) is 4.79 Å². The third-order valence-corrected chi connectivity index (χ3v) is 5.21. The quantitative estimate of drug-likeness (QED) is 0.408. The third-order valence-electron chi connectivity index (χ3n) is 5.21. The van der Waals surface area contributed by atoms with Gasteiger partial charge in [-0.1, -0.05) is 18.2 Å². The van der Waals surface area contributed by atoms with E-state index in [0.717, 1.165) is 32.4 Å². The minimum atomic E-state index is -1.04. The summed E-state index contributed by atoms with van der Waals surface area (Å²) in [6.45, 7) is 2.99. The fourth-order valence-electron chi connectivity index (χ4n) is 3.53. The molecule has 8 nitrogen and oxygen atoms in total. The van der Waals surface area contributed by atoms with E-state index in [1.54, 1.807) is 37.4 Å². The topological polar surface area (TPSA) is 93.0 Å². The highest BCUT2D eigenvalue weighted by atomic mass is 16.6. The zero-order chi connectivity index (χ0) is 21.7. The number of hydrogen-bond donors (Lipinski definition) is 0. The lowest BCUT2D eigenvalue weighted by atomic mass is 10.1. The van der Waals surface area contributed by atoms with Crippen LogP contribution in [-0.2, 0) is 9.53 Å². The Labute approximate surface area is 175 Å². The molecule has 0 N–H and O–H groups in total. The van der Waals surface area contributed by atoms with Gasteiger partial charge in [0.1, 0.15) is 5.69 Å². The molecule has 1 aliphatic rings. The van der Waals surface area contributed by atoms with Crippen molar-refractivity contribution in [2.45, 2.75) is 32.3 Å². The molecule has 1 atom stereocenters. The molecule has 8 heteroatoms. The molecule has 0 unspecified atom stereocenters. The molecular formula is C22H25N3O5. The standard InChI is InChI=1S/C22H25N3O5/c1-16(21(26)23(2)18-9-5-3-6-10-18)30-22(27)17-11-12-19(20(15-17)25(28)29)24-13-7-4-8-14-24/h3,5-6,9-12,15-16H,4,7-8,13-14H2,1-2H3/t16-/m1/s1. The van der Waals surface area contributed by atoms with Crippen molar-refractivity contribution in [3.05, 3.63) is 64.2 Å². The Bertz CT molecular complexity index is 926. The van der Waals surface area contributed by atoms with Gasteiger partial charge in [0.15, 0.2) is 6.10 Å². The van der Waals surface area contributed by atoms with Gasteiger partial charge in [-0.05, 0) is 50.5 Å². The summed E-state index contributed by atoms with van der Waals surface area (Å²) in [5, 5.41) is 11.6. The minimum absolute atomic E-state index is 0.0458. The molecule has 1 amide bonds. The van der Waals surface area contributed by atoms with Gasteiger partial charge >= 0.3 is 5.97 Å². The Balaban J connectivity index is 1.73. The van der Waals surface area contributed by atoms with Crippen LogP contribution in [0.1, 0.15) is 36.5 Å². The van der Waals surface area contributed by atoms with E-state index >= 15 is 0 Å². The molecule has 1 fully saturated rings. The van der Waals surface area contributed by atoms with Gasteiger partial charge in [0.25, 0.3) is 11.6 Å². The maximum absolute atomic E-state index is 12.6. The Morgan fingerprint density at radius 2 is 1.77 bits per heavy atom. The molecule has 0 aromatic heterocycles. The highest BCUT2D eigenvalue weighted by Gasteiger charge is 2.26. The molecule has 0 spiro atoms. The number of nitrogens with zero attached hydrogens (tertiary/aromatic N) is 3. The van der Waals surface area contributed by atoms with Crippen molar-refractivity contribution in [2.75, 3.05) is 29.9 Å². The molecule has 0 bridgehead atoms. The van der Waals surface area contributed by atoms with Crippen molar-refractivity contribution in [2.24, 2.45) is 0 Å². The predicted molar refractivity (Wildman–Crippen MR) is 114 cm³/mol. The summed E-state index contributed by atoms with van der Waals surface area (Å²) < 4.78 is 5.29. The van der Waals surface area contributed by atoms with E-state index in [1.807, 2.05) is 11.0 Å². The molecule has 0 saturated carbocycles. The summed E-state index contributed by atoms with van der Waals surface area (Å²) in [6, 6.07) is 13.3. The fourth-order valence-corrected chi connectivity index (χ4v) is 3.53. The second-order valence-corrected chi connectivity index (χ2v) is 7.29. The van der Waals surface area contributed by atoms with Crippen LogP contribution in [0.15, 0.2) is 48.5 Å². The van der Waals surface area contributed by atoms with Crippen LogP contribution in [0.5, 0.6) is 0 Å². The summed E-state index contributed by atoms with van der Waals surface area (Å²) >= 11 is 0. The second kappa shape index (κ2) is 9.39. The molecule has 1 heterocycles. The molecule has 0 aliphatic carbocycles. The Kier molecular flexibility index (Phi) is 6.66. The number of benzene rings is 2. The zero-order valence-electron chi connectivity index (χ0n) is 17.1. The van der Waals surface area contributed by atoms with Crippen molar-refractivity contribution >= 4 is 28.9 Å². The molecular weight excluding hydrogens is 386 g/mol. The number of carbonyl (C=O) groups is 2. The lowest BCUT2D eigenvalue weighted by molar-refractivity contribution is -0.384. The Morgan fingerprint density at radius 1 is 1.10 bits per heavy atom. The Hall–Kier alpha value is -3.42. The number of nitro groups is 1. The number of likely N-dealkylation sites (N-methyl/N-ethyl adjacent to an activating group) is 1. The van der Waals surface area contributed by atoms with E-state index in [1.165, 1.54) is 24.0 Å². The predicted octanol–water partition coefficient (Wildman–Crippen LogP) is 3.79. The lowest BCUT2D eigenvalue weighted by Crippen LogP contribution is -2.37. The molecule has 1 aliphatic heterocycles. The van der Waals surface area contributed by atoms with E-state index in [-0.39, 0.29) is 11.3 Å². The van der Waals surface area contributed by atoms with Crippen LogP contribution in [0.25, 0.3) is 0 Å². The normalized spacial score (nSPS) is 14.7. The SMILES string of the molecule is C[C@@H](OC(=O)c1ccc(N2CCCCC2)c([N+](=O)[O-])c1)C(=O)N(C)c1ccccc1. The Morgan fingerprint density at radius 3 is 2.40 bits per heavy atom. The first-order valence-corrected chi connectivity index (χ1v) is 9.95. The smallest absolute Gasteiger partial charge is 0.339 e. The second-order valence-electron chi connectivity index (χ2n) is 7.29. The number of ether oxygens (including phenoxy) is 1. The molecule has 2 aromatic carbocycles. The summed E-state index contributed by atoms with van der Waals surface area (Å²) in [5.41, 5.74) is 1.09. The van der Waals surface area contributed by atoms with Gasteiger partial charge in [0.2, 0.25) is 0 Å². The average Bonchev–Trinajstić information content (AvgIpc) is 2.78. The number of esters is 1. The highest BCUT2D eigenvalue weighted by molar-refractivity contribution is 5.99. The largest absolute Gasteiger partial charge is 0.449 e. The van der Waals surface area contributed by atoms with Crippen LogP contribution in [0.4, 0.5) is 17.1 Å². The van der Waals surface area contributed by atoms with E-state index in [4.69, 9.17) is 4.74 Å². The maximum atomic E-state index is 12.6. The van der Waals surface area contributed by atoms with Crippen molar-refractivity contribution in [3.8, 4) is 0 Å².